The average molecular weight is 394 g/mol. The molecule has 2 aliphatic heterocycles. The van der Waals surface area contributed by atoms with Crippen LogP contribution in [0, 0.1) is 0 Å². The van der Waals surface area contributed by atoms with Gasteiger partial charge in [0, 0.05) is 31.0 Å². The number of aromatic nitrogens is 2. The van der Waals surface area contributed by atoms with E-state index < -0.39 is 35.2 Å². The van der Waals surface area contributed by atoms with Crippen molar-refractivity contribution >= 4 is 35.5 Å². The fourth-order valence-corrected chi connectivity index (χ4v) is 4.30. The molecule has 3 heterocycles. The van der Waals surface area contributed by atoms with E-state index in [1.807, 2.05) is 6.92 Å². The van der Waals surface area contributed by atoms with Crippen molar-refractivity contribution in [3.63, 3.8) is 0 Å². The van der Waals surface area contributed by atoms with Crippen LogP contribution in [0.4, 0.5) is 0 Å². The number of fused-ring (bicyclic) bond motifs is 1. The largest absolute Gasteiger partial charge is 0.477 e. The summed E-state index contributed by atoms with van der Waals surface area (Å²) in [4.78, 5) is 48.7. The van der Waals surface area contributed by atoms with Crippen LogP contribution in [0.2, 0.25) is 0 Å². The van der Waals surface area contributed by atoms with E-state index >= 15 is 0 Å². The van der Waals surface area contributed by atoms with Crippen LogP contribution in [0.3, 0.4) is 0 Å². The molecule has 0 aromatic carbocycles. The minimum absolute atomic E-state index is 0.186. The molecule has 1 fully saturated rings. The monoisotopic (exact) mass is 394 g/mol. The van der Waals surface area contributed by atoms with E-state index in [1.54, 1.807) is 6.07 Å². The standard InChI is InChI=1S/C16H18N4O6S/c1-3-19-10(4-5-17-19)13(22)18-11-14(23)20-12(16(24)25)9(6-26-8(2)21)7-27-15(11)20/h4-5,11,15H,3,6-7H2,1-2H3,(H,18,22)(H,24,25)/t11-,15+/m0/s1. The van der Waals surface area contributed by atoms with Crippen molar-refractivity contribution in [1.82, 2.24) is 20.0 Å². The molecule has 1 saturated heterocycles. The van der Waals surface area contributed by atoms with Gasteiger partial charge in [0.2, 0.25) is 0 Å². The molecule has 0 saturated carbocycles. The van der Waals surface area contributed by atoms with Crippen molar-refractivity contribution in [1.29, 1.82) is 0 Å². The van der Waals surface area contributed by atoms with E-state index in [9.17, 15) is 24.3 Å². The summed E-state index contributed by atoms with van der Waals surface area (Å²) in [6.45, 7) is 3.38. The second kappa shape index (κ2) is 7.43. The summed E-state index contributed by atoms with van der Waals surface area (Å²) in [5.41, 5.74) is 0.490. The van der Waals surface area contributed by atoms with Gasteiger partial charge in [-0.05, 0) is 13.0 Å². The Kier molecular flexibility index (Phi) is 5.22. The maximum Gasteiger partial charge on any atom is 0.352 e. The maximum atomic E-state index is 12.5. The van der Waals surface area contributed by atoms with Gasteiger partial charge in [0.05, 0.1) is 0 Å². The normalized spacial score (nSPS) is 21.4. The molecule has 1 aromatic heterocycles. The Hall–Kier alpha value is -2.82. The number of hydrogen-bond donors (Lipinski definition) is 2. The SMILES string of the molecule is CCn1nccc1C(=O)N[C@H]1C(=O)N2C(C(=O)O)=C(COC(C)=O)CS[C@H]12. The molecule has 10 nitrogen and oxygen atoms in total. The number of hydrogen-bond acceptors (Lipinski definition) is 7. The van der Waals surface area contributed by atoms with Gasteiger partial charge in [0.1, 0.15) is 29.4 Å². The Bertz CT molecular complexity index is 848. The van der Waals surface area contributed by atoms with E-state index in [0.29, 0.717) is 17.8 Å². The molecule has 0 radical (unpaired) electrons. The first-order valence-corrected chi connectivity index (χ1v) is 9.26. The molecule has 3 rings (SSSR count). The molecule has 2 atom stereocenters. The van der Waals surface area contributed by atoms with Gasteiger partial charge in [-0.1, -0.05) is 0 Å². The molecule has 2 N–H and O–H groups in total. The number of carboxylic acids is 1. The van der Waals surface area contributed by atoms with Gasteiger partial charge < -0.3 is 15.2 Å². The summed E-state index contributed by atoms with van der Waals surface area (Å²) in [7, 11) is 0. The lowest BCUT2D eigenvalue weighted by molar-refractivity contribution is -0.149. The highest BCUT2D eigenvalue weighted by molar-refractivity contribution is 8.00. The fraction of sp³-hybridized carbons (Fsp3) is 0.438. The highest BCUT2D eigenvalue weighted by Crippen LogP contribution is 2.40. The molecule has 0 bridgehead atoms. The van der Waals surface area contributed by atoms with Crippen LogP contribution in [0.15, 0.2) is 23.5 Å². The van der Waals surface area contributed by atoms with E-state index in [2.05, 4.69) is 10.4 Å². The zero-order chi connectivity index (χ0) is 19.7. The van der Waals surface area contributed by atoms with Crippen LogP contribution < -0.4 is 5.32 Å². The first-order valence-electron chi connectivity index (χ1n) is 8.21. The topological polar surface area (TPSA) is 131 Å². The second-order valence-corrected chi connectivity index (χ2v) is 7.04. The number of carbonyl (C=O) groups is 4. The Labute approximate surface area is 158 Å². The number of aliphatic carboxylic acids is 1. The van der Waals surface area contributed by atoms with Gasteiger partial charge >= 0.3 is 11.9 Å². The van der Waals surface area contributed by atoms with Crippen molar-refractivity contribution in [3.8, 4) is 0 Å². The number of carbonyl (C=O) groups excluding carboxylic acids is 3. The number of ether oxygens (including phenoxy) is 1. The number of rotatable bonds is 6. The smallest absolute Gasteiger partial charge is 0.352 e. The summed E-state index contributed by atoms with van der Waals surface area (Å²) in [5.74, 6) is -2.49. The van der Waals surface area contributed by atoms with Gasteiger partial charge in [-0.2, -0.15) is 5.10 Å². The van der Waals surface area contributed by atoms with E-state index in [-0.39, 0.29) is 18.1 Å². The summed E-state index contributed by atoms with van der Waals surface area (Å²) >= 11 is 1.31. The van der Waals surface area contributed by atoms with Crippen LogP contribution in [-0.4, -0.2) is 67.3 Å². The number of amides is 2. The third kappa shape index (κ3) is 3.42. The first kappa shape index (κ1) is 19.0. The van der Waals surface area contributed by atoms with Gasteiger partial charge in [-0.15, -0.1) is 11.8 Å². The molecule has 11 heteroatoms. The molecule has 1 aromatic rings. The Morgan fingerprint density at radius 1 is 1.44 bits per heavy atom. The number of nitrogens with one attached hydrogen (secondary N) is 1. The highest BCUT2D eigenvalue weighted by atomic mass is 32.2. The van der Waals surface area contributed by atoms with Gasteiger partial charge in [-0.25, -0.2) is 4.79 Å². The van der Waals surface area contributed by atoms with Crippen molar-refractivity contribution in [2.24, 2.45) is 0 Å². The van der Waals surface area contributed by atoms with Crippen molar-refractivity contribution in [2.75, 3.05) is 12.4 Å². The van der Waals surface area contributed by atoms with Crippen LogP contribution in [0.5, 0.6) is 0 Å². The molecule has 27 heavy (non-hydrogen) atoms. The van der Waals surface area contributed by atoms with Crippen molar-refractivity contribution in [2.45, 2.75) is 31.8 Å². The fourth-order valence-electron chi connectivity index (χ4n) is 2.98. The van der Waals surface area contributed by atoms with Crippen molar-refractivity contribution in [3.05, 3.63) is 29.2 Å². The summed E-state index contributed by atoms with van der Waals surface area (Å²) in [5, 5.41) is 15.6. The van der Waals surface area contributed by atoms with Gasteiger partial charge in [0.15, 0.2) is 0 Å². The van der Waals surface area contributed by atoms with Crippen LogP contribution in [0.1, 0.15) is 24.3 Å². The molecular weight excluding hydrogens is 376 g/mol. The molecule has 2 aliphatic rings. The maximum absolute atomic E-state index is 12.5. The quantitative estimate of drug-likeness (QED) is 0.502. The molecular formula is C16H18N4O6S. The molecule has 144 valence electrons. The number of nitrogens with zero attached hydrogens (tertiary/aromatic N) is 3. The second-order valence-electron chi connectivity index (χ2n) is 5.93. The molecule has 0 spiro atoms. The lowest BCUT2D eigenvalue weighted by atomic mass is 10.0. The van der Waals surface area contributed by atoms with E-state index in [0.717, 1.165) is 4.90 Å². The Morgan fingerprint density at radius 3 is 2.81 bits per heavy atom. The molecule has 2 amide bonds. The van der Waals surface area contributed by atoms with Gasteiger partial charge in [-0.3, -0.25) is 24.0 Å². The summed E-state index contributed by atoms with van der Waals surface area (Å²) in [6, 6.07) is 0.723. The van der Waals surface area contributed by atoms with E-state index in [4.69, 9.17) is 4.74 Å². The lowest BCUT2D eigenvalue weighted by Gasteiger charge is -2.49. The average Bonchev–Trinajstić information content (AvgIpc) is 3.11. The summed E-state index contributed by atoms with van der Waals surface area (Å²) < 4.78 is 6.38. The lowest BCUT2D eigenvalue weighted by Crippen LogP contribution is -2.70. The number of aryl methyl sites for hydroxylation is 1. The third-order valence-corrected chi connectivity index (χ3v) is 5.57. The zero-order valence-electron chi connectivity index (χ0n) is 14.7. The highest BCUT2D eigenvalue weighted by Gasteiger charge is 2.54. The van der Waals surface area contributed by atoms with Crippen LogP contribution in [-0.2, 0) is 25.7 Å². The minimum Gasteiger partial charge on any atom is -0.477 e. The molecule has 0 unspecified atom stereocenters. The third-order valence-electron chi connectivity index (χ3n) is 4.23. The predicted molar refractivity (Wildman–Crippen MR) is 93.5 cm³/mol. The van der Waals surface area contributed by atoms with Crippen LogP contribution in [0.25, 0.3) is 0 Å². The number of esters is 1. The van der Waals surface area contributed by atoms with Gasteiger partial charge in [0.25, 0.3) is 11.8 Å². The number of carboxylic acid groups (broad SMARTS) is 1. The van der Waals surface area contributed by atoms with E-state index in [1.165, 1.54) is 29.6 Å². The zero-order valence-corrected chi connectivity index (χ0v) is 15.5. The number of thioether (sulfide) groups is 1. The Balaban J connectivity index is 1.76. The van der Waals surface area contributed by atoms with Crippen LogP contribution >= 0.6 is 11.8 Å². The minimum atomic E-state index is -1.27. The summed E-state index contributed by atoms with van der Waals surface area (Å²) in [6.07, 6.45) is 1.50. The van der Waals surface area contributed by atoms with Crippen molar-refractivity contribution < 1.29 is 29.0 Å². The predicted octanol–water partition coefficient (Wildman–Crippen LogP) is -0.182. The molecule has 0 aliphatic carbocycles. The number of β-lactam (4-membered cyclic amide) rings is 1. The first-order chi connectivity index (χ1) is 12.8. The Morgan fingerprint density at radius 2 is 2.19 bits per heavy atom.